The molecule has 10 heteroatoms. The molecule has 0 spiro atoms. The fraction of sp³-hybridized carbons (Fsp3) is 0.381. The van der Waals surface area contributed by atoms with E-state index in [1.165, 1.54) is 17.7 Å². The second kappa shape index (κ2) is 7.61. The molecule has 2 N–H and O–H groups in total. The van der Waals surface area contributed by atoms with Crippen molar-refractivity contribution in [1.29, 1.82) is 0 Å². The first-order valence-electron chi connectivity index (χ1n) is 10.2. The van der Waals surface area contributed by atoms with Gasteiger partial charge in [0, 0.05) is 17.3 Å². The highest BCUT2D eigenvalue weighted by Crippen LogP contribution is 2.37. The largest absolute Gasteiger partial charge is 0.387 e. The molecule has 31 heavy (non-hydrogen) atoms. The molecule has 1 amide bonds. The van der Waals surface area contributed by atoms with E-state index in [1.807, 2.05) is 26.0 Å². The van der Waals surface area contributed by atoms with Crippen LogP contribution >= 0.6 is 11.3 Å². The zero-order chi connectivity index (χ0) is 21.7. The minimum atomic E-state index is -1.06. The first-order valence-corrected chi connectivity index (χ1v) is 11.0. The predicted octanol–water partition coefficient (Wildman–Crippen LogP) is 3.84. The molecule has 160 valence electrons. The van der Waals surface area contributed by atoms with Gasteiger partial charge in [-0.3, -0.25) is 9.78 Å². The number of nitrogens with one attached hydrogen (secondary N) is 1. The average molecular weight is 441 g/mol. The van der Waals surface area contributed by atoms with Crippen LogP contribution < -0.4 is 5.32 Å². The molecule has 3 atom stereocenters. The number of fused-ring (bicyclic) bond motifs is 3. The van der Waals surface area contributed by atoms with Crippen molar-refractivity contribution in [1.82, 2.24) is 24.6 Å². The van der Waals surface area contributed by atoms with Crippen molar-refractivity contribution in [2.75, 3.05) is 5.32 Å². The number of aliphatic hydroxyl groups excluding tert-OH is 1. The Balaban J connectivity index is 1.56. The van der Waals surface area contributed by atoms with Gasteiger partial charge in [-0.1, -0.05) is 24.7 Å². The molecule has 8 nitrogen and oxygen atoms in total. The van der Waals surface area contributed by atoms with Crippen LogP contribution in [0.2, 0.25) is 0 Å². The molecule has 0 radical (unpaired) electrons. The number of aliphatic hydroxyl groups is 1. The number of rotatable bonds is 6. The van der Waals surface area contributed by atoms with Crippen LogP contribution in [0.4, 0.5) is 9.52 Å². The molecular weight excluding hydrogens is 419 g/mol. The van der Waals surface area contributed by atoms with Crippen molar-refractivity contribution >= 4 is 38.4 Å². The molecule has 4 heterocycles. The predicted molar refractivity (Wildman–Crippen MR) is 116 cm³/mol. The number of anilines is 1. The number of hydrogen-bond donors (Lipinski definition) is 2. The standard InChI is InChI=1S/C21H21FN6O2S/c1-3-4-17(29)15-5-10(2)13(8-23-15)11-7-16-20(28-18(11)24-9-25-28)31-21(26-16)27-19(30)12-6-14(12)22/h5,7-9,12,14,17,29H,3-4,6H2,1-2H3,(H,26,27,30)/t12-,14+,17-/m1/s1. The third kappa shape index (κ3) is 3.55. The summed E-state index contributed by atoms with van der Waals surface area (Å²) in [5.41, 5.74) is 4.56. The maximum Gasteiger partial charge on any atom is 0.232 e. The number of halogens is 1. The Morgan fingerprint density at radius 2 is 2.19 bits per heavy atom. The van der Waals surface area contributed by atoms with Crippen molar-refractivity contribution in [2.45, 2.75) is 45.4 Å². The Bertz CT molecular complexity index is 1300. The summed E-state index contributed by atoms with van der Waals surface area (Å²) in [6.45, 7) is 3.98. The molecule has 1 aliphatic carbocycles. The van der Waals surface area contributed by atoms with E-state index in [0.29, 0.717) is 28.4 Å². The number of hydrogen-bond acceptors (Lipinski definition) is 7. The highest BCUT2D eigenvalue weighted by atomic mass is 32.1. The maximum atomic E-state index is 13.2. The quantitative estimate of drug-likeness (QED) is 0.472. The maximum absolute atomic E-state index is 13.2. The summed E-state index contributed by atoms with van der Waals surface area (Å²) in [5, 5.41) is 17.7. The van der Waals surface area contributed by atoms with Crippen molar-refractivity contribution < 1.29 is 14.3 Å². The van der Waals surface area contributed by atoms with Gasteiger partial charge in [0.1, 0.15) is 22.8 Å². The number of aryl methyl sites for hydroxylation is 1. The van der Waals surface area contributed by atoms with Gasteiger partial charge in [-0.05, 0) is 37.5 Å². The molecule has 0 aromatic carbocycles. The van der Waals surface area contributed by atoms with Crippen LogP contribution in [0.25, 0.3) is 27.1 Å². The average Bonchev–Trinajstić information content (AvgIpc) is 3.12. The van der Waals surface area contributed by atoms with Crippen molar-refractivity contribution in [3.8, 4) is 11.1 Å². The second-order valence-corrected chi connectivity index (χ2v) is 8.82. The molecule has 0 aliphatic heterocycles. The van der Waals surface area contributed by atoms with E-state index < -0.39 is 18.2 Å². The number of amides is 1. The van der Waals surface area contributed by atoms with E-state index in [2.05, 4.69) is 25.4 Å². The van der Waals surface area contributed by atoms with Gasteiger partial charge in [0.15, 0.2) is 10.8 Å². The first-order chi connectivity index (χ1) is 15.0. The second-order valence-electron chi connectivity index (χ2n) is 7.84. The van der Waals surface area contributed by atoms with E-state index in [9.17, 15) is 14.3 Å². The van der Waals surface area contributed by atoms with E-state index in [4.69, 9.17) is 0 Å². The number of alkyl halides is 1. The summed E-state index contributed by atoms with van der Waals surface area (Å²) in [6, 6.07) is 3.79. The lowest BCUT2D eigenvalue weighted by Gasteiger charge is -2.12. The van der Waals surface area contributed by atoms with Crippen molar-refractivity contribution in [3.05, 3.63) is 35.9 Å². The van der Waals surface area contributed by atoms with Crippen LogP contribution in [0.3, 0.4) is 0 Å². The summed E-state index contributed by atoms with van der Waals surface area (Å²) in [5.74, 6) is -0.924. The Kier molecular flexibility index (Phi) is 4.90. The van der Waals surface area contributed by atoms with Crippen LogP contribution in [0.5, 0.6) is 0 Å². The Morgan fingerprint density at radius 1 is 1.39 bits per heavy atom. The lowest BCUT2D eigenvalue weighted by molar-refractivity contribution is -0.117. The fourth-order valence-corrected chi connectivity index (χ4v) is 4.60. The Hall–Kier alpha value is -2.98. The normalized spacial score (nSPS) is 19.1. The number of aromatic nitrogens is 5. The summed E-state index contributed by atoms with van der Waals surface area (Å²) in [7, 11) is 0. The monoisotopic (exact) mass is 440 g/mol. The van der Waals surface area contributed by atoms with Gasteiger partial charge < -0.3 is 10.4 Å². The SMILES string of the molecule is CCC[C@@H](O)c1cc(C)c(-c2cc3nc(NC(=O)[C@@H]4C[C@@H]4F)sc3n3ncnc23)cn1. The number of carbonyl (C=O) groups excluding carboxylic acids is 1. The fourth-order valence-electron chi connectivity index (χ4n) is 3.69. The molecule has 0 saturated heterocycles. The molecule has 4 aromatic rings. The van der Waals surface area contributed by atoms with Gasteiger partial charge >= 0.3 is 0 Å². The van der Waals surface area contributed by atoms with Crippen LogP contribution in [0.1, 0.15) is 43.5 Å². The van der Waals surface area contributed by atoms with Gasteiger partial charge in [0.2, 0.25) is 5.91 Å². The van der Waals surface area contributed by atoms with Gasteiger partial charge in [0.25, 0.3) is 0 Å². The molecule has 1 aliphatic rings. The Morgan fingerprint density at radius 3 is 2.90 bits per heavy atom. The van der Waals surface area contributed by atoms with E-state index in [1.54, 1.807) is 10.7 Å². The van der Waals surface area contributed by atoms with E-state index in [-0.39, 0.29) is 12.3 Å². The van der Waals surface area contributed by atoms with Gasteiger partial charge in [0.05, 0.1) is 17.7 Å². The van der Waals surface area contributed by atoms with Crippen LogP contribution in [-0.2, 0) is 4.79 Å². The van der Waals surface area contributed by atoms with Gasteiger partial charge in [-0.2, -0.15) is 5.10 Å². The topological polar surface area (TPSA) is 105 Å². The van der Waals surface area contributed by atoms with E-state index >= 15 is 0 Å². The van der Waals surface area contributed by atoms with Crippen LogP contribution in [0, 0.1) is 12.8 Å². The molecule has 5 rings (SSSR count). The summed E-state index contributed by atoms with van der Waals surface area (Å²) < 4.78 is 14.9. The van der Waals surface area contributed by atoms with Crippen LogP contribution in [0.15, 0.2) is 24.7 Å². The summed E-state index contributed by atoms with van der Waals surface area (Å²) in [6.07, 6.45) is 3.35. The van der Waals surface area contributed by atoms with Crippen molar-refractivity contribution in [3.63, 3.8) is 0 Å². The summed E-state index contributed by atoms with van der Waals surface area (Å²) >= 11 is 1.27. The zero-order valence-electron chi connectivity index (χ0n) is 17.0. The van der Waals surface area contributed by atoms with Gasteiger partial charge in [-0.15, -0.1) is 0 Å². The number of carbonyl (C=O) groups is 1. The zero-order valence-corrected chi connectivity index (χ0v) is 17.9. The summed E-state index contributed by atoms with van der Waals surface area (Å²) in [4.78, 5) is 26.2. The first kappa shape index (κ1) is 20.0. The molecule has 1 saturated carbocycles. The molecule has 1 fully saturated rings. The highest BCUT2D eigenvalue weighted by molar-refractivity contribution is 7.22. The highest BCUT2D eigenvalue weighted by Gasteiger charge is 2.43. The minimum Gasteiger partial charge on any atom is -0.387 e. The lowest BCUT2D eigenvalue weighted by atomic mass is 10.0. The van der Waals surface area contributed by atoms with Crippen LogP contribution in [-0.4, -0.2) is 41.8 Å². The lowest BCUT2D eigenvalue weighted by Crippen LogP contribution is -2.14. The number of pyridine rings is 2. The third-order valence-electron chi connectivity index (χ3n) is 5.50. The van der Waals surface area contributed by atoms with Gasteiger partial charge in [-0.25, -0.2) is 18.9 Å². The number of nitrogens with zero attached hydrogens (tertiary/aromatic N) is 5. The van der Waals surface area contributed by atoms with E-state index in [0.717, 1.165) is 27.9 Å². The molecule has 0 bridgehead atoms. The third-order valence-corrected chi connectivity index (χ3v) is 6.46. The minimum absolute atomic E-state index is 0.267. The molecule has 4 aromatic heterocycles. The molecular formula is C21H21FN6O2S. The van der Waals surface area contributed by atoms with Crippen molar-refractivity contribution in [2.24, 2.45) is 5.92 Å². The smallest absolute Gasteiger partial charge is 0.232 e. The molecule has 0 unspecified atom stereocenters. The number of thiazole rings is 1. The Labute approximate surface area is 181 Å².